The summed E-state index contributed by atoms with van der Waals surface area (Å²) < 4.78 is 7.92. The summed E-state index contributed by atoms with van der Waals surface area (Å²) in [5.41, 5.74) is 1.72. The van der Waals surface area contributed by atoms with Crippen LogP contribution in [0.1, 0.15) is 51.5 Å². The molecule has 1 saturated heterocycles. The lowest BCUT2D eigenvalue weighted by Gasteiger charge is -2.61. The maximum Gasteiger partial charge on any atom is 0.194 e. The van der Waals surface area contributed by atoms with E-state index >= 15 is 0 Å². The Morgan fingerprint density at radius 2 is 2.26 bits per heavy atom. The lowest BCUT2D eigenvalue weighted by molar-refractivity contribution is -0.168. The van der Waals surface area contributed by atoms with Gasteiger partial charge < -0.3 is 15.0 Å². The number of hydrogen-bond acceptors (Lipinski definition) is 3. The molecule has 1 aromatic heterocycles. The Morgan fingerprint density at radius 3 is 2.89 bits per heavy atom. The first-order valence-electron chi connectivity index (χ1n) is 10.8. The predicted octanol–water partition coefficient (Wildman–Crippen LogP) is 2.60. The molecule has 6 heteroatoms. The van der Waals surface area contributed by atoms with Gasteiger partial charge in [-0.05, 0) is 57.4 Å². The van der Waals surface area contributed by atoms with E-state index in [0.29, 0.717) is 23.5 Å². The second-order valence-corrected chi connectivity index (χ2v) is 8.59. The van der Waals surface area contributed by atoms with Crippen molar-refractivity contribution in [3.8, 4) is 0 Å². The first-order chi connectivity index (χ1) is 13.1. The minimum absolute atomic E-state index is 0.374. The van der Waals surface area contributed by atoms with Crippen LogP contribution in [0.15, 0.2) is 17.4 Å². The third kappa shape index (κ3) is 3.60. The fourth-order valence-electron chi connectivity index (χ4n) is 5.29. The largest absolute Gasteiger partial charge is 0.378 e. The summed E-state index contributed by atoms with van der Waals surface area (Å²) >= 11 is 0. The Hall–Kier alpha value is -1.56. The molecular formula is C21H35N5O. The summed E-state index contributed by atoms with van der Waals surface area (Å²) in [7, 11) is 1.99. The van der Waals surface area contributed by atoms with Crippen LogP contribution in [0.25, 0.3) is 0 Å². The highest BCUT2D eigenvalue weighted by atomic mass is 16.5. The number of guanidine groups is 1. The van der Waals surface area contributed by atoms with E-state index in [1.807, 2.05) is 17.9 Å². The van der Waals surface area contributed by atoms with Gasteiger partial charge in [0.1, 0.15) is 0 Å². The van der Waals surface area contributed by atoms with Crippen LogP contribution >= 0.6 is 0 Å². The second kappa shape index (κ2) is 7.82. The number of aromatic nitrogens is 2. The summed E-state index contributed by atoms with van der Waals surface area (Å²) in [6.07, 6.45) is 12.0. The maximum absolute atomic E-state index is 6.02. The van der Waals surface area contributed by atoms with Crippen molar-refractivity contribution in [1.82, 2.24) is 20.0 Å². The van der Waals surface area contributed by atoms with Gasteiger partial charge in [-0.25, -0.2) is 0 Å². The maximum atomic E-state index is 6.02. The quantitative estimate of drug-likeness (QED) is 0.615. The number of aliphatic imine (C=N–C) groups is 1. The molecule has 1 aliphatic heterocycles. The van der Waals surface area contributed by atoms with Gasteiger partial charge in [-0.1, -0.05) is 6.42 Å². The molecule has 3 aliphatic rings. The molecule has 0 bridgehead atoms. The van der Waals surface area contributed by atoms with E-state index < -0.39 is 0 Å². The van der Waals surface area contributed by atoms with Crippen LogP contribution < -0.4 is 5.32 Å². The van der Waals surface area contributed by atoms with Gasteiger partial charge in [-0.2, -0.15) is 5.10 Å². The number of hydrogen-bond donors (Lipinski definition) is 1. The van der Waals surface area contributed by atoms with Crippen molar-refractivity contribution in [3.63, 3.8) is 0 Å². The lowest BCUT2D eigenvalue weighted by Crippen LogP contribution is -2.68. The van der Waals surface area contributed by atoms with Gasteiger partial charge >= 0.3 is 0 Å². The van der Waals surface area contributed by atoms with E-state index in [2.05, 4.69) is 35.4 Å². The second-order valence-electron chi connectivity index (χ2n) is 8.59. The van der Waals surface area contributed by atoms with Crippen LogP contribution in [-0.4, -0.2) is 59.0 Å². The van der Waals surface area contributed by atoms with Crippen LogP contribution in [0.5, 0.6) is 0 Å². The van der Waals surface area contributed by atoms with Crippen LogP contribution in [0.4, 0.5) is 0 Å². The fraction of sp³-hybridized carbons (Fsp3) is 0.810. The first kappa shape index (κ1) is 18.8. The van der Waals surface area contributed by atoms with E-state index in [1.165, 1.54) is 31.2 Å². The molecule has 0 aromatic carbocycles. The van der Waals surface area contributed by atoms with E-state index in [9.17, 15) is 0 Å². The van der Waals surface area contributed by atoms with Crippen molar-refractivity contribution < 1.29 is 4.74 Å². The molecule has 6 nitrogen and oxygen atoms in total. The molecule has 3 fully saturated rings. The third-order valence-corrected chi connectivity index (χ3v) is 6.92. The minimum Gasteiger partial charge on any atom is -0.378 e. The molecule has 4 rings (SSSR count). The van der Waals surface area contributed by atoms with Crippen molar-refractivity contribution in [2.24, 2.45) is 23.4 Å². The highest BCUT2D eigenvalue weighted by Crippen LogP contribution is 2.57. The number of nitrogens with one attached hydrogen (secondary N) is 1. The van der Waals surface area contributed by atoms with Gasteiger partial charge in [0.05, 0.1) is 12.3 Å². The zero-order valence-electron chi connectivity index (χ0n) is 17.2. The third-order valence-electron chi connectivity index (χ3n) is 6.92. The fourth-order valence-corrected chi connectivity index (χ4v) is 5.29. The number of rotatable bonds is 6. The molecule has 2 aliphatic carbocycles. The average molecular weight is 374 g/mol. The number of ether oxygens (including phenoxy) is 1. The predicted molar refractivity (Wildman–Crippen MR) is 108 cm³/mol. The van der Waals surface area contributed by atoms with Gasteiger partial charge in [0.2, 0.25) is 0 Å². The van der Waals surface area contributed by atoms with Crippen LogP contribution in [0.2, 0.25) is 0 Å². The van der Waals surface area contributed by atoms with Gasteiger partial charge in [-0.3, -0.25) is 9.67 Å². The normalized spacial score (nSPS) is 29.7. The van der Waals surface area contributed by atoms with Crippen molar-refractivity contribution >= 4 is 5.96 Å². The smallest absolute Gasteiger partial charge is 0.194 e. The van der Waals surface area contributed by atoms with Crippen LogP contribution in [-0.2, 0) is 18.2 Å². The summed E-state index contributed by atoms with van der Waals surface area (Å²) in [5.74, 6) is 1.81. The van der Waals surface area contributed by atoms with E-state index in [0.717, 1.165) is 45.0 Å². The highest BCUT2D eigenvalue weighted by Gasteiger charge is 2.59. The zero-order valence-corrected chi connectivity index (χ0v) is 17.2. The Kier molecular flexibility index (Phi) is 5.44. The standard InChI is InChI=1S/C21H35N5O/c1-4-22-20(24-18-12-19(27-5-2)21(18)8-6-9-21)26-10-7-16(15-26)11-17-13-23-25(3)14-17/h13-14,16,18-19H,4-12,15H2,1-3H3,(H,22,24). The molecule has 0 radical (unpaired) electrons. The van der Waals surface area contributed by atoms with Crippen molar-refractivity contribution in [2.45, 2.75) is 64.5 Å². The summed E-state index contributed by atoms with van der Waals surface area (Å²) in [6.45, 7) is 8.11. The molecular weight excluding hydrogens is 338 g/mol. The molecule has 150 valence electrons. The Bertz CT molecular complexity index is 665. The van der Waals surface area contributed by atoms with Gasteiger partial charge in [0.25, 0.3) is 0 Å². The van der Waals surface area contributed by atoms with E-state index in [1.54, 1.807) is 0 Å². The highest BCUT2D eigenvalue weighted by molar-refractivity contribution is 5.81. The Balaban J connectivity index is 1.35. The topological polar surface area (TPSA) is 54.7 Å². The molecule has 2 heterocycles. The summed E-state index contributed by atoms with van der Waals surface area (Å²) in [6, 6.07) is 0.533. The van der Waals surface area contributed by atoms with Crippen molar-refractivity contribution in [1.29, 1.82) is 0 Å². The van der Waals surface area contributed by atoms with Crippen LogP contribution in [0, 0.1) is 11.3 Å². The number of likely N-dealkylation sites (tertiary alicyclic amines) is 1. The minimum atomic E-state index is 0.374. The van der Waals surface area contributed by atoms with Crippen LogP contribution in [0.3, 0.4) is 0 Å². The lowest BCUT2D eigenvalue weighted by atomic mass is 9.51. The summed E-state index contributed by atoms with van der Waals surface area (Å²) in [5, 5.41) is 8.15. The number of nitrogens with zero attached hydrogens (tertiary/aromatic N) is 4. The summed E-state index contributed by atoms with van der Waals surface area (Å²) in [4.78, 5) is 7.32. The molecule has 1 N–H and O–H groups in total. The molecule has 3 atom stereocenters. The zero-order chi connectivity index (χ0) is 18.9. The SMILES string of the molecule is CCN=C(NC1CC(OCC)C12CCC2)N1CCC(Cc2cnn(C)c2)C1. The monoisotopic (exact) mass is 373 g/mol. The van der Waals surface area contributed by atoms with Crippen molar-refractivity contribution in [3.05, 3.63) is 18.0 Å². The Labute approximate surface area is 163 Å². The molecule has 0 amide bonds. The Morgan fingerprint density at radius 1 is 1.41 bits per heavy atom. The van der Waals surface area contributed by atoms with E-state index in [-0.39, 0.29) is 0 Å². The molecule has 27 heavy (non-hydrogen) atoms. The molecule has 1 spiro atoms. The molecule has 2 saturated carbocycles. The first-order valence-corrected chi connectivity index (χ1v) is 10.8. The van der Waals surface area contributed by atoms with Gasteiger partial charge in [0, 0.05) is 50.9 Å². The van der Waals surface area contributed by atoms with E-state index in [4.69, 9.17) is 9.73 Å². The average Bonchev–Trinajstić information content (AvgIpc) is 3.21. The van der Waals surface area contributed by atoms with Gasteiger partial charge in [0.15, 0.2) is 5.96 Å². The molecule has 1 aromatic rings. The van der Waals surface area contributed by atoms with Gasteiger partial charge in [-0.15, -0.1) is 0 Å². The van der Waals surface area contributed by atoms with Crippen molar-refractivity contribution in [2.75, 3.05) is 26.2 Å². The number of aryl methyl sites for hydroxylation is 1. The molecule has 3 unspecified atom stereocenters.